The van der Waals surface area contributed by atoms with Crippen LogP contribution in [0.4, 0.5) is 5.82 Å². The second kappa shape index (κ2) is 5.47. The van der Waals surface area contributed by atoms with Crippen LogP contribution in [0.25, 0.3) is 11.5 Å². The van der Waals surface area contributed by atoms with Crippen LogP contribution in [-0.2, 0) is 10.0 Å². The lowest BCUT2D eigenvalue weighted by Gasteiger charge is -2.05. The third-order valence-corrected chi connectivity index (χ3v) is 4.49. The van der Waals surface area contributed by atoms with Gasteiger partial charge in [-0.05, 0) is 19.1 Å². The van der Waals surface area contributed by atoms with Gasteiger partial charge in [0.25, 0.3) is 10.0 Å². The average molecular weight is 340 g/mol. The number of aryl methyl sites for hydroxylation is 1. The van der Waals surface area contributed by atoms with Crippen molar-refractivity contribution in [3.63, 3.8) is 0 Å². The molecule has 114 valence electrons. The van der Waals surface area contributed by atoms with Gasteiger partial charge >= 0.3 is 0 Å². The maximum atomic E-state index is 12.4. The highest BCUT2D eigenvalue weighted by Crippen LogP contribution is 2.28. The summed E-state index contributed by atoms with van der Waals surface area (Å²) in [4.78, 5) is 3.89. The van der Waals surface area contributed by atoms with E-state index in [0.717, 1.165) is 0 Å². The van der Waals surface area contributed by atoms with E-state index < -0.39 is 10.0 Å². The molecule has 0 aliphatic rings. The number of furan rings is 1. The van der Waals surface area contributed by atoms with Gasteiger partial charge in [-0.25, -0.2) is 13.4 Å². The van der Waals surface area contributed by atoms with Crippen LogP contribution in [0.2, 0.25) is 5.02 Å². The highest BCUT2D eigenvalue weighted by molar-refractivity contribution is 7.92. The monoisotopic (exact) mass is 339 g/mol. The van der Waals surface area contributed by atoms with Gasteiger partial charge in [-0.3, -0.25) is 4.72 Å². The van der Waals surface area contributed by atoms with Crippen LogP contribution in [0.3, 0.4) is 0 Å². The molecule has 0 bridgehead atoms. The van der Waals surface area contributed by atoms with Crippen LogP contribution in [-0.4, -0.2) is 18.6 Å². The summed E-state index contributed by atoms with van der Waals surface area (Å²) < 4.78 is 37.5. The fourth-order valence-electron chi connectivity index (χ4n) is 1.83. The largest absolute Gasteiger partial charge is 0.456 e. The normalized spacial score (nSPS) is 11.5. The highest BCUT2D eigenvalue weighted by Gasteiger charge is 2.23. The first-order chi connectivity index (χ1) is 10.5. The van der Waals surface area contributed by atoms with Gasteiger partial charge in [-0.1, -0.05) is 16.8 Å². The molecule has 3 aromatic rings. The average Bonchev–Trinajstić information content (AvgIpc) is 3.10. The molecule has 3 rings (SSSR count). The first-order valence-electron chi connectivity index (χ1n) is 6.11. The molecule has 9 heteroatoms. The number of hydrogen-bond acceptors (Lipinski definition) is 6. The molecule has 0 radical (unpaired) electrons. The molecule has 1 N–H and O–H groups in total. The van der Waals surface area contributed by atoms with Gasteiger partial charge in [0.1, 0.15) is 16.5 Å². The summed E-state index contributed by atoms with van der Waals surface area (Å²) in [5, 5.41) is 3.97. The lowest BCUT2D eigenvalue weighted by Crippen LogP contribution is -2.14. The van der Waals surface area contributed by atoms with E-state index >= 15 is 0 Å². The Morgan fingerprint density at radius 3 is 2.68 bits per heavy atom. The minimum absolute atomic E-state index is 0.00403. The number of anilines is 1. The number of sulfonamides is 1. The van der Waals surface area contributed by atoms with Crippen molar-refractivity contribution < 1.29 is 17.4 Å². The van der Waals surface area contributed by atoms with E-state index in [9.17, 15) is 8.42 Å². The van der Waals surface area contributed by atoms with Crippen LogP contribution in [0.5, 0.6) is 0 Å². The van der Waals surface area contributed by atoms with E-state index in [1.165, 1.54) is 30.6 Å². The van der Waals surface area contributed by atoms with Crippen molar-refractivity contribution in [1.82, 2.24) is 10.1 Å². The van der Waals surface area contributed by atoms with Gasteiger partial charge in [0.15, 0.2) is 5.76 Å². The van der Waals surface area contributed by atoms with E-state index in [0.29, 0.717) is 10.8 Å². The fraction of sp³-hybridized carbons (Fsp3) is 0.0769. The minimum Gasteiger partial charge on any atom is -0.456 e. The molecule has 0 amide bonds. The number of hydrogen-bond donors (Lipinski definition) is 1. The van der Waals surface area contributed by atoms with Crippen LogP contribution >= 0.6 is 11.6 Å². The molecule has 0 aliphatic carbocycles. The molecule has 0 saturated carbocycles. The summed E-state index contributed by atoms with van der Waals surface area (Å²) in [5.41, 5.74) is 0. The van der Waals surface area contributed by atoms with E-state index in [-0.39, 0.29) is 22.2 Å². The zero-order chi connectivity index (χ0) is 15.7. The zero-order valence-electron chi connectivity index (χ0n) is 11.3. The number of rotatable bonds is 4. The van der Waals surface area contributed by atoms with Gasteiger partial charge in [-0.2, -0.15) is 0 Å². The summed E-state index contributed by atoms with van der Waals surface area (Å²) in [6, 6.07) is 5.94. The molecule has 0 atom stereocenters. The number of halogens is 1. The minimum atomic E-state index is -3.84. The first-order valence-corrected chi connectivity index (χ1v) is 7.98. The molecular formula is C13H10ClN3O4S. The summed E-state index contributed by atoms with van der Waals surface area (Å²) in [6.45, 7) is 1.55. The maximum Gasteiger partial charge on any atom is 0.266 e. The molecule has 0 fully saturated rings. The second-order valence-corrected chi connectivity index (χ2v) is 6.46. The third-order valence-electron chi connectivity index (χ3n) is 2.81. The summed E-state index contributed by atoms with van der Waals surface area (Å²) in [5.74, 6) is 1.01. The van der Waals surface area contributed by atoms with Crippen molar-refractivity contribution in [2.75, 3.05) is 4.72 Å². The van der Waals surface area contributed by atoms with Gasteiger partial charge < -0.3 is 8.94 Å². The molecule has 22 heavy (non-hydrogen) atoms. The zero-order valence-corrected chi connectivity index (χ0v) is 12.9. The van der Waals surface area contributed by atoms with Crippen molar-refractivity contribution in [2.24, 2.45) is 0 Å². The quantitative estimate of drug-likeness (QED) is 0.784. The fourth-order valence-corrected chi connectivity index (χ4v) is 3.13. The molecule has 0 unspecified atom stereocenters. The number of nitrogens with zero attached hydrogens (tertiary/aromatic N) is 2. The Hall–Kier alpha value is -2.32. The Bertz CT molecular complexity index is 886. The Labute approximate surface area is 131 Å². The SMILES string of the molecule is Cc1oc(-c2ccno2)cc1S(=O)(=O)Nc1ccc(Cl)cn1. The van der Waals surface area contributed by atoms with Crippen molar-refractivity contribution in [2.45, 2.75) is 11.8 Å². The van der Waals surface area contributed by atoms with Gasteiger partial charge in [0.2, 0.25) is 5.76 Å². The standard InChI is InChI=1S/C13H10ClN3O4S/c1-8-12(6-11(20-8)10-4-5-16-21-10)22(18,19)17-13-3-2-9(14)7-15-13/h2-7H,1H3,(H,15,17). The molecule has 0 aliphatic heterocycles. The smallest absolute Gasteiger partial charge is 0.266 e. The Balaban J connectivity index is 1.94. The van der Waals surface area contributed by atoms with Gasteiger partial charge in [0, 0.05) is 18.3 Å². The molecule has 0 spiro atoms. The summed E-state index contributed by atoms with van der Waals surface area (Å²) in [6.07, 6.45) is 2.79. The lowest BCUT2D eigenvalue weighted by atomic mass is 10.3. The van der Waals surface area contributed by atoms with E-state index in [4.69, 9.17) is 20.5 Å². The van der Waals surface area contributed by atoms with Crippen molar-refractivity contribution in [3.8, 4) is 11.5 Å². The maximum absolute atomic E-state index is 12.4. The molecule has 3 heterocycles. The molecule has 3 aromatic heterocycles. The Morgan fingerprint density at radius 2 is 2.05 bits per heavy atom. The van der Waals surface area contributed by atoms with Crippen LogP contribution in [0.15, 0.2) is 50.5 Å². The van der Waals surface area contributed by atoms with Gasteiger partial charge in [-0.15, -0.1) is 0 Å². The number of pyridine rings is 1. The predicted octanol–water partition coefficient (Wildman–Crippen LogP) is 3.09. The van der Waals surface area contributed by atoms with Crippen LogP contribution in [0.1, 0.15) is 5.76 Å². The molecule has 0 saturated heterocycles. The summed E-state index contributed by atoms with van der Waals surface area (Å²) >= 11 is 5.71. The van der Waals surface area contributed by atoms with E-state index in [2.05, 4.69) is 14.9 Å². The van der Waals surface area contributed by atoms with E-state index in [1.807, 2.05) is 0 Å². The Morgan fingerprint density at radius 1 is 1.23 bits per heavy atom. The topological polar surface area (TPSA) is 98.2 Å². The van der Waals surface area contributed by atoms with Crippen LogP contribution < -0.4 is 4.72 Å². The lowest BCUT2D eigenvalue weighted by molar-refractivity contribution is 0.414. The molecule has 0 aromatic carbocycles. The molecule has 7 nitrogen and oxygen atoms in total. The number of aromatic nitrogens is 2. The Kier molecular flexibility index (Phi) is 3.63. The van der Waals surface area contributed by atoms with Crippen LogP contribution in [0, 0.1) is 6.92 Å². The highest BCUT2D eigenvalue weighted by atomic mass is 35.5. The second-order valence-electron chi connectivity index (χ2n) is 4.37. The molecular weight excluding hydrogens is 330 g/mol. The van der Waals surface area contributed by atoms with Crippen molar-refractivity contribution >= 4 is 27.4 Å². The third kappa shape index (κ3) is 2.83. The summed E-state index contributed by atoms with van der Waals surface area (Å²) in [7, 11) is -3.84. The number of nitrogens with one attached hydrogen (secondary N) is 1. The predicted molar refractivity (Wildman–Crippen MR) is 79.0 cm³/mol. The first kappa shape index (κ1) is 14.6. The van der Waals surface area contributed by atoms with Crippen molar-refractivity contribution in [3.05, 3.63) is 47.4 Å². The van der Waals surface area contributed by atoms with Gasteiger partial charge in [0.05, 0.1) is 11.2 Å². The van der Waals surface area contributed by atoms with Crippen molar-refractivity contribution in [1.29, 1.82) is 0 Å². The van der Waals surface area contributed by atoms with E-state index in [1.54, 1.807) is 13.0 Å².